The molecule has 0 heterocycles. The maximum absolute atomic E-state index is 14.5. The van der Waals surface area contributed by atoms with E-state index in [-0.39, 0.29) is 18.6 Å². The molecule has 0 aromatic heterocycles. The van der Waals surface area contributed by atoms with E-state index < -0.39 is 30.5 Å². The molecule has 0 atom stereocenters. The molecule has 0 saturated heterocycles. The molecule has 0 saturated carbocycles. The van der Waals surface area contributed by atoms with Crippen LogP contribution in [0.5, 0.6) is 0 Å². The summed E-state index contributed by atoms with van der Waals surface area (Å²) in [6.45, 7) is 0.544. The average molecular weight is 375 g/mol. The van der Waals surface area contributed by atoms with E-state index in [4.69, 9.17) is 4.65 Å². The second-order valence-corrected chi connectivity index (χ2v) is 6.13. The highest BCUT2D eigenvalue weighted by Gasteiger charge is 2.22. The first-order valence-electron chi connectivity index (χ1n) is 8.30. The van der Waals surface area contributed by atoms with Gasteiger partial charge in [-0.3, -0.25) is 14.5 Å². The summed E-state index contributed by atoms with van der Waals surface area (Å²) < 4.78 is 37.5. The van der Waals surface area contributed by atoms with E-state index in [1.165, 1.54) is 36.3 Å². The average Bonchev–Trinajstić information content (AvgIpc) is 2.60. The molecule has 0 radical (unpaired) electrons. The van der Waals surface area contributed by atoms with Gasteiger partial charge in [0.1, 0.15) is 11.6 Å². The second kappa shape index (κ2) is 9.27. The number of ether oxygens (including phenoxy) is 1. The number of benzene rings is 2. The van der Waals surface area contributed by atoms with Crippen molar-refractivity contribution in [3.8, 4) is 11.1 Å². The van der Waals surface area contributed by atoms with E-state index in [1.807, 2.05) is 0 Å². The summed E-state index contributed by atoms with van der Waals surface area (Å²) in [4.78, 5) is 24.6. The molecule has 2 aromatic carbocycles. The minimum atomic E-state index is -0.814. The third-order valence-electron chi connectivity index (χ3n) is 3.93. The smallest absolute Gasteiger partial charge is 0.395 e. The van der Waals surface area contributed by atoms with E-state index in [0.717, 1.165) is 0 Å². The number of nitrogens with zero attached hydrogens (tertiary/aromatic N) is 1. The maximum atomic E-state index is 14.5. The van der Waals surface area contributed by atoms with E-state index in [0.29, 0.717) is 11.1 Å². The van der Waals surface area contributed by atoms with Gasteiger partial charge in [-0.2, -0.15) is 0 Å². The molecule has 8 heteroatoms. The van der Waals surface area contributed by atoms with Gasteiger partial charge in [0, 0.05) is 0 Å². The highest BCUT2D eigenvalue weighted by molar-refractivity contribution is 6.67. The molecular weight excluding hydrogens is 355 g/mol. The third kappa shape index (κ3) is 5.89. The van der Waals surface area contributed by atoms with Crippen LogP contribution in [0.15, 0.2) is 42.5 Å². The van der Waals surface area contributed by atoms with Crippen molar-refractivity contribution in [3.63, 3.8) is 0 Å². The summed E-state index contributed by atoms with van der Waals surface area (Å²) in [6, 6.07) is 10.3. The van der Waals surface area contributed by atoms with Crippen LogP contribution in [0.4, 0.5) is 8.78 Å². The minimum Gasteiger partial charge on any atom is -0.530 e. The number of rotatable bonds is 7. The van der Waals surface area contributed by atoms with E-state index in [2.05, 4.69) is 4.74 Å². The van der Waals surface area contributed by atoms with Gasteiger partial charge in [0.25, 0.3) is 0 Å². The van der Waals surface area contributed by atoms with E-state index >= 15 is 0 Å². The van der Waals surface area contributed by atoms with Gasteiger partial charge in [-0.1, -0.05) is 24.3 Å². The summed E-state index contributed by atoms with van der Waals surface area (Å²) in [5.41, 5.74) is 1.28. The van der Waals surface area contributed by atoms with Gasteiger partial charge in [-0.25, -0.2) is 8.78 Å². The zero-order valence-electron chi connectivity index (χ0n) is 15.4. The molecule has 27 heavy (non-hydrogen) atoms. The Morgan fingerprint density at radius 1 is 1.04 bits per heavy atom. The third-order valence-corrected chi connectivity index (χ3v) is 3.93. The molecule has 0 aliphatic heterocycles. The molecule has 0 bridgehead atoms. The second-order valence-electron chi connectivity index (χ2n) is 6.13. The fourth-order valence-corrected chi connectivity index (χ4v) is 2.56. The predicted molar refractivity (Wildman–Crippen MR) is 98.7 cm³/mol. The van der Waals surface area contributed by atoms with Crippen molar-refractivity contribution >= 4 is 24.3 Å². The Kier molecular flexibility index (Phi) is 7.07. The van der Waals surface area contributed by atoms with Gasteiger partial charge in [0.2, 0.25) is 0 Å². The molecule has 142 valence electrons. The molecule has 0 unspecified atom stereocenters. The first-order valence-corrected chi connectivity index (χ1v) is 8.30. The van der Waals surface area contributed by atoms with Gasteiger partial charge in [0.15, 0.2) is 0 Å². The van der Waals surface area contributed by atoms with Gasteiger partial charge in [-0.15, -0.1) is 0 Å². The van der Waals surface area contributed by atoms with E-state index in [9.17, 15) is 18.4 Å². The van der Waals surface area contributed by atoms with Gasteiger partial charge in [0.05, 0.1) is 20.2 Å². The number of halogens is 2. The molecule has 0 spiro atoms. The van der Waals surface area contributed by atoms with Crippen LogP contribution in [0.1, 0.15) is 0 Å². The Hall–Kier alpha value is -2.74. The zero-order chi connectivity index (χ0) is 20.0. The Morgan fingerprint density at radius 2 is 1.70 bits per heavy atom. The standard InChI is InChI=1S/C19H20BF2NO4/c1-20(27-19(25)12-23(2)11-18(24)26-3)16-8-7-14(10-17(16)22)13-5-4-6-15(21)9-13/h4-10H,11-12H2,1-3H3. The van der Waals surface area contributed by atoms with Crippen LogP contribution in [-0.2, 0) is 19.0 Å². The molecular formula is C19H20BF2NO4. The monoisotopic (exact) mass is 375 g/mol. The van der Waals surface area contributed by atoms with Crippen LogP contribution in [0, 0.1) is 11.6 Å². The number of likely N-dealkylation sites (N-methyl/N-ethyl adjacent to an activating group) is 1. The summed E-state index contributed by atoms with van der Waals surface area (Å²) in [6.07, 6.45) is 0. The van der Waals surface area contributed by atoms with Crippen LogP contribution in [0.3, 0.4) is 0 Å². The molecule has 5 nitrogen and oxygen atoms in total. The fraction of sp³-hybridized carbons (Fsp3) is 0.263. The Morgan fingerprint density at radius 3 is 2.33 bits per heavy atom. The van der Waals surface area contributed by atoms with Crippen molar-refractivity contribution in [2.75, 3.05) is 27.2 Å². The van der Waals surface area contributed by atoms with Crippen LogP contribution >= 0.6 is 0 Å². The van der Waals surface area contributed by atoms with Gasteiger partial charge >= 0.3 is 18.9 Å². The van der Waals surface area contributed by atoms with Crippen LogP contribution < -0.4 is 5.46 Å². The molecule has 2 aromatic rings. The first-order chi connectivity index (χ1) is 12.8. The predicted octanol–water partition coefficient (Wildman–Crippen LogP) is 2.11. The lowest BCUT2D eigenvalue weighted by Crippen LogP contribution is -2.39. The highest BCUT2D eigenvalue weighted by atomic mass is 19.1. The number of hydrogen-bond donors (Lipinski definition) is 0. The van der Waals surface area contributed by atoms with Gasteiger partial charge < -0.3 is 9.39 Å². The summed E-state index contributed by atoms with van der Waals surface area (Å²) in [7, 11) is 2.82. The van der Waals surface area contributed by atoms with Crippen molar-refractivity contribution in [2.45, 2.75) is 6.82 Å². The number of esters is 1. The van der Waals surface area contributed by atoms with Crippen molar-refractivity contribution in [1.29, 1.82) is 0 Å². The molecule has 0 N–H and O–H groups in total. The molecule has 0 aliphatic rings. The first kappa shape index (κ1) is 20.6. The Balaban J connectivity index is 2.03. The quantitative estimate of drug-likeness (QED) is 0.548. The molecule has 0 aliphatic carbocycles. The number of carbonyl (C=O) groups is 2. The lowest BCUT2D eigenvalue weighted by atomic mass is 9.63. The largest absolute Gasteiger partial charge is 0.530 e. The highest BCUT2D eigenvalue weighted by Crippen LogP contribution is 2.20. The molecule has 0 amide bonds. The Labute approximate surface area is 157 Å². The number of carbonyl (C=O) groups excluding carboxylic acids is 2. The van der Waals surface area contributed by atoms with Crippen molar-refractivity contribution in [3.05, 3.63) is 54.1 Å². The van der Waals surface area contributed by atoms with Crippen LogP contribution in [-0.4, -0.2) is 51.0 Å². The topological polar surface area (TPSA) is 55.8 Å². The summed E-state index contributed by atoms with van der Waals surface area (Å²) in [5.74, 6) is -2.03. The minimum absolute atomic E-state index is 0.0589. The van der Waals surface area contributed by atoms with Crippen molar-refractivity contribution < 1.29 is 27.8 Å². The fourth-order valence-electron chi connectivity index (χ4n) is 2.56. The van der Waals surface area contributed by atoms with Gasteiger partial charge in [-0.05, 0) is 48.7 Å². The normalized spacial score (nSPS) is 10.6. The van der Waals surface area contributed by atoms with Crippen LogP contribution in [0.2, 0.25) is 6.82 Å². The van der Waals surface area contributed by atoms with Crippen LogP contribution in [0.25, 0.3) is 11.1 Å². The Bertz CT molecular complexity index is 831. The lowest BCUT2D eigenvalue weighted by Gasteiger charge is -2.17. The molecule has 0 fully saturated rings. The maximum Gasteiger partial charge on any atom is 0.395 e. The number of methoxy groups -OCH3 is 1. The summed E-state index contributed by atoms with van der Waals surface area (Å²) >= 11 is 0. The van der Waals surface area contributed by atoms with E-state index in [1.54, 1.807) is 32.1 Å². The van der Waals surface area contributed by atoms with Crippen molar-refractivity contribution in [1.82, 2.24) is 4.90 Å². The molecule has 2 rings (SSSR count). The van der Waals surface area contributed by atoms with Crippen molar-refractivity contribution in [2.24, 2.45) is 0 Å². The number of hydrogen-bond acceptors (Lipinski definition) is 5. The lowest BCUT2D eigenvalue weighted by molar-refractivity contribution is -0.142. The SMILES string of the molecule is COC(=O)CN(C)CC(=O)OB(C)c1ccc(-c2cccc(F)c2)cc1F. The zero-order valence-corrected chi connectivity index (χ0v) is 15.4. The summed E-state index contributed by atoms with van der Waals surface area (Å²) in [5, 5.41) is 0.